The van der Waals surface area contributed by atoms with Crippen LogP contribution in [0.2, 0.25) is 10.0 Å². The average Bonchev–Trinajstić information content (AvgIpc) is 2.75. The molecule has 3 rings (SSSR count). The van der Waals surface area contributed by atoms with E-state index in [4.69, 9.17) is 43.8 Å². The SMILES string of the molecule is COC(=N)c1cc(NC(=O)c2c(Cl)ccc(OCc3ccc(Cl)cn3)c2F)cnc1N. The number of methoxy groups -OCH3 is 1. The van der Waals surface area contributed by atoms with Crippen LogP contribution in [0.15, 0.2) is 42.7 Å². The molecular weight excluding hydrogens is 448 g/mol. The molecule has 0 saturated carbocycles. The molecule has 2 heterocycles. The number of carbonyl (C=O) groups is 1. The Bertz CT molecular complexity index is 1140. The van der Waals surface area contributed by atoms with E-state index in [1.807, 2.05) is 0 Å². The maximum absolute atomic E-state index is 15.0. The fourth-order valence-corrected chi connectivity index (χ4v) is 2.87. The van der Waals surface area contributed by atoms with Crippen molar-refractivity contribution in [2.24, 2.45) is 0 Å². The number of nitrogen functional groups attached to an aromatic ring is 1. The van der Waals surface area contributed by atoms with Gasteiger partial charge in [-0.05, 0) is 30.3 Å². The van der Waals surface area contributed by atoms with Crippen LogP contribution in [0.25, 0.3) is 0 Å². The molecule has 0 saturated heterocycles. The van der Waals surface area contributed by atoms with Crippen molar-refractivity contribution < 1.29 is 18.7 Å². The number of nitrogens with zero attached hydrogens (tertiary/aromatic N) is 2. The molecule has 4 N–H and O–H groups in total. The van der Waals surface area contributed by atoms with Crippen LogP contribution < -0.4 is 15.8 Å². The van der Waals surface area contributed by atoms with Crippen molar-refractivity contribution in [3.63, 3.8) is 0 Å². The third kappa shape index (κ3) is 5.19. The lowest BCUT2D eigenvalue weighted by Gasteiger charge is -2.13. The number of aromatic nitrogens is 2. The minimum absolute atomic E-state index is 0.0405. The first-order valence-electron chi connectivity index (χ1n) is 8.71. The van der Waals surface area contributed by atoms with Gasteiger partial charge in [0.25, 0.3) is 5.91 Å². The molecular formula is C20H16Cl2FN5O3. The largest absolute Gasteiger partial charge is 0.484 e. The van der Waals surface area contributed by atoms with Crippen LogP contribution in [0.3, 0.4) is 0 Å². The minimum atomic E-state index is -0.938. The Morgan fingerprint density at radius 3 is 2.68 bits per heavy atom. The van der Waals surface area contributed by atoms with E-state index in [1.165, 1.54) is 37.7 Å². The lowest BCUT2D eigenvalue weighted by Crippen LogP contribution is -2.17. The second kappa shape index (κ2) is 9.59. The normalized spacial score (nSPS) is 10.5. The van der Waals surface area contributed by atoms with Gasteiger partial charge in [-0.1, -0.05) is 23.2 Å². The highest BCUT2D eigenvalue weighted by atomic mass is 35.5. The lowest BCUT2D eigenvalue weighted by atomic mass is 10.1. The molecule has 0 aliphatic heterocycles. The Labute approximate surface area is 186 Å². The Hall–Kier alpha value is -3.43. The molecule has 0 fully saturated rings. The summed E-state index contributed by atoms with van der Waals surface area (Å²) >= 11 is 11.8. The number of nitrogens with one attached hydrogen (secondary N) is 2. The van der Waals surface area contributed by atoms with Crippen molar-refractivity contribution in [1.82, 2.24) is 9.97 Å². The zero-order valence-electron chi connectivity index (χ0n) is 16.1. The van der Waals surface area contributed by atoms with Crippen LogP contribution in [-0.4, -0.2) is 28.9 Å². The highest BCUT2D eigenvalue weighted by Gasteiger charge is 2.21. The molecule has 0 aliphatic carbocycles. The van der Waals surface area contributed by atoms with Crippen molar-refractivity contribution in [3.8, 4) is 5.75 Å². The number of ether oxygens (including phenoxy) is 2. The summed E-state index contributed by atoms with van der Waals surface area (Å²) < 4.78 is 25.3. The summed E-state index contributed by atoms with van der Waals surface area (Å²) in [6.07, 6.45) is 2.70. The molecule has 31 heavy (non-hydrogen) atoms. The highest BCUT2D eigenvalue weighted by Crippen LogP contribution is 2.29. The predicted molar refractivity (Wildman–Crippen MR) is 115 cm³/mol. The van der Waals surface area contributed by atoms with Crippen molar-refractivity contribution >= 4 is 46.5 Å². The minimum Gasteiger partial charge on any atom is -0.484 e. The summed E-state index contributed by atoms with van der Waals surface area (Å²) in [5.74, 6) is -2.15. The molecule has 3 aromatic rings. The molecule has 0 radical (unpaired) electrons. The maximum Gasteiger partial charge on any atom is 0.260 e. The summed E-state index contributed by atoms with van der Waals surface area (Å²) in [6, 6.07) is 7.30. The molecule has 0 atom stereocenters. The Morgan fingerprint density at radius 1 is 1.23 bits per heavy atom. The summed E-state index contributed by atoms with van der Waals surface area (Å²) in [5, 5.41) is 10.5. The van der Waals surface area contributed by atoms with Gasteiger partial charge in [0.15, 0.2) is 11.6 Å². The first kappa shape index (κ1) is 22.3. The summed E-state index contributed by atoms with van der Waals surface area (Å²) in [5.41, 5.74) is 6.15. The average molecular weight is 464 g/mol. The van der Waals surface area contributed by atoms with Gasteiger partial charge in [0.05, 0.1) is 45.9 Å². The van der Waals surface area contributed by atoms with Crippen LogP contribution in [0.4, 0.5) is 15.9 Å². The van der Waals surface area contributed by atoms with Crippen LogP contribution >= 0.6 is 23.2 Å². The zero-order valence-corrected chi connectivity index (χ0v) is 17.6. The molecule has 8 nitrogen and oxygen atoms in total. The molecule has 11 heteroatoms. The van der Waals surface area contributed by atoms with Crippen molar-refractivity contribution in [2.75, 3.05) is 18.2 Å². The van der Waals surface area contributed by atoms with E-state index >= 15 is 0 Å². The lowest BCUT2D eigenvalue weighted by molar-refractivity contribution is 0.102. The molecule has 0 unspecified atom stereocenters. The number of rotatable bonds is 6. The van der Waals surface area contributed by atoms with Gasteiger partial charge in [-0.3, -0.25) is 15.2 Å². The standard InChI is InChI=1S/C20H16Cl2FN5O3/c1-30-19(25)13-6-12(8-27-18(13)24)28-20(29)16-14(22)4-5-15(17(16)23)31-9-11-3-2-10(21)7-26-11/h2-8,25H,9H2,1H3,(H2,24,27)(H,28,29). The first-order valence-corrected chi connectivity index (χ1v) is 9.46. The number of amides is 1. The highest BCUT2D eigenvalue weighted by molar-refractivity contribution is 6.34. The van der Waals surface area contributed by atoms with Crippen LogP contribution in [0.5, 0.6) is 5.75 Å². The monoisotopic (exact) mass is 463 g/mol. The number of halogens is 3. The number of hydrogen-bond donors (Lipinski definition) is 3. The van der Waals surface area contributed by atoms with Gasteiger partial charge < -0.3 is 20.5 Å². The zero-order chi connectivity index (χ0) is 22.5. The fourth-order valence-electron chi connectivity index (χ4n) is 2.53. The molecule has 1 amide bonds. The van der Waals surface area contributed by atoms with E-state index in [0.29, 0.717) is 10.7 Å². The number of benzene rings is 1. The van der Waals surface area contributed by atoms with Gasteiger partial charge in [0, 0.05) is 6.20 Å². The molecule has 2 aromatic heterocycles. The van der Waals surface area contributed by atoms with Gasteiger partial charge in [-0.15, -0.1) is 0 Å². The fraction of sp³-hybridized carbons (Fsp3) is 0.100. The van der Waals surface area contributed by atoms with E-state index in [1.54, 1.807) is 12.1 Å². The van der Waals surface area contributed by atoms with Gasteiger partial charge in [0.1, 0.15) is 12.4 Å². The number of nitrogens with two attached hydrogens (primary N) is 1. The quantitative estimate of drug-likeness (QED) is 0.369. The second-order valence-corrected chi connectivity index (χ2v) is 6.98. The third-order valence-corrected chi connectivity index (χ3v) is 4.61. The van der Waals surface area contributed by atoms with Crippen LogP contribution in [-0.2, 0) is 11.3 Å². The second-order valence-electron chi connectivity index (χ2n) is 6.14. The molecule has 1 aromatic carbocycles. The van der Waals surface area contributed by atoms with Gasteiger partial charge in [-0.25, -0.2) is 9.37 Å². The maximum atomic E-state index is 15.0. The Kier molecular flexibility index (Phi) is 6.88. The molecule has 0 aliphatic rings. The number of anilines is 2. The smallest absolute Gasteiger partial charge is 0.260 e. The van der Waals surface area contributed by atoms with E-state index < -0.39 is 17.3 Å². The number of pyridine rings is 2. The van der Waals surface area contributed by atoms with Crippen LogP contribution in [0.1, 0.15) is 21.6 Å². The predicted octanol–water partition coefficient (Wildman–Crippen LogP) is 4.31. The van der Waals surface area contributed by atoms with E-state index in [0.717, 1.165) is 0 Å². The van der Waals surface area contributed by atoms with E-state index in [-0.39, 0.29) is 40.3 Å². The van der Waals surface area contributed by atoms with Gasteiger partial charge >= 0.3 is 0 Å². The summed E-state index contributed by atoms with van der Waals surface area (Å²) in [7, 11) is 1.30. The molecule has 160 valence electrons. The van der Waals surface area contributed by atoms with Gasteiger partial charge in [0.2, 0.25) is 5.90 Å². The summed E-state index contributed by atoms with van der Waals surface area (Å²) in [4.78, 5) is 20.7. The number of carbonyl (C=O) groups excluding carboxylic acids is 1. The van der Waals surface area contributed by atoms with Gasteiger partial charge in [-0.2, -0.15) is 0 Å². The van der Waals surface area contributed by atoms with E-state index in [9.17, 15) is 9.18 Å². The third-order valence-electron chi connectivity index (χ3n) is 4.07. The molecule has 0 bridgehead atoms. The molecule has 0 spiro atoms. The van der Waals surface area contributed by atoms with Crippen LogP contribution in [0, 0.1) is 11.2 Å². The van der Waals surface area contributed by atoms with Crippen molar-refractivity contribution in [1.29, 1.82) is 5.41 Å². The summed E-state index contributed by atoms with van der Waals surface area (Å²) in [6.45, 7) is -0.0405. The Balaban J connectivity index is 1.82. The van der Waals surface area contributed by atoms with Crippen molar-refractivity contribution in [2.45, 2.75) is 6.61 Å². The first-order chi connectivity index (χ1) is 14.8. The van der Waals surface area contributed by atoms with E-state index in [2.05, 4.69) is 15.3 Å². The topological polar surface area (TPSA) is 123 Å². The Morgan fingerprint density at radius 2 is 2.00 bits per heavy atom. The number of hydrogen-bond acceptors (Lipinski definition) is 7. The van der Waals surface area contributed by atoms with Crippen molar-refractivity contribution in [3.05, 3.63) is 75.4 Å².